The van der Waals surface area contributed by atoms with E-state index in [-0.39, 0.29) is 25.6 Å². The van der Waals surface area contributed by atoms with Crippen molar-refractivity contribution in [2.45, 2.75) is 38.6 Å². The third-order valence-electron chi connectivity index (χ3n) is 5.25. The highest BCUT2D eigenvalue weighted by Crippen LogP contribution is 2.44. The minimum absolute atomic E-state index is 0.0386. The summed E-state index contributed by atoms with van der Waals surface area (Å²) in [5.74, 6) is -0.534. The van der Waals surface area contributed by atoms with Gasteiger partial charge in [0.15, 0.2) is 0 Å². The number of nitrogens with one attached hydrogen (secondary N) is 1. The van der Waals surface area contributed by atoms with Crippen LogP contribution in [0.3, 0.4) is 0 Å². The highest BCUT2D eigenvalue weighted by atomic mass is 16.5. The first kappa shape index (κ1) is 21.8. The molecule has 6 heteroatoms. The number of carboxylic acids is 1. The summed E-state index contributed by atoms with van der Waals surface area (Å²) in [4.78, 5) is 23.5. The summed E-state index contributed by atoms with van der Waals surface area (Å²) in [5.41, 5.74) is 4.57. The van der Waals surface area contributed by atoms with E-state index >= 15 is 0 Å². The molecule has 0 spiro atoms. The van der Waals surface area contributed by atoms with Gasteiger partial charge in [0.2, 0.25) is 0 Å². The van der Waals surface area contributed by atoms with Gasteiger partial charge in [0, 0.05) is 12.5 Å². The van der Waals surface area contributed by atoms with Gasteiger partial charge in [-0.2, -0.15) is 0 Å². The number of carbonyl (C=O) groups is 2. The lowest BCUT2D eigenvalue weighted by Crippen LogP contribution is -2.40. The Morgan fingerprint density at radius 2 is 1.63 bits per heavy atom. The number of carboxylic acid groups (broad SMARTS) is 1. The van der Waals surface area contributed by atoms with E-state index in [1.54, 1.807) is 0 Å². The van der Waals surface area contributed by atoms with Crippen LogP contribution >= 0.6 is 0 Å². The van der Waals surface area contributed by atoms with Crippen molar-refractivity contribution in [3.8, 4) is 11.1 Å². The average Bonchev–Trinajstić information content (AvgIpc) is 3.03. The first-order chi connectivity index (χ1) is 14.5. The molecule has 2 aromatic rings. The molecule has 160 valence electrons. The molecule has 3 rings (SSSR count). The Morgan fingerprint density at radius 3 is 2.20 bits per heavy atom. The molecule has 0 unspecified atom stereocenters. The van der Waals surface area contributed by atoms with Gasteiger partial charge < -0.3 is 19.9 Å². The predicted molar refractivity (Wildman–Crippen MR) is 115 cm³/mol. The SMILES string of the molecule is CC(C)CCOC[C@H](CC(=O)O)NC(=O)OCC1c2ccccc2-c2ccccc21. The summed E-state index contributed by atoms with van der Waals surface area (Å²) in [6.07, 6.45) is 0.0342. The normalized spacial score (nSPS) is 13.6. The highest BCUT2D eigenvalue weighted by molar-refractivity contribution is 5.79. The number of benzene rings is 2. The molecule has 30 heavy (non-hydrogen) atoms. The fraction of sp³-hybridized carbons (Fsp3) is 0.417. The second-order valence-corrected chi connectivity index (χ2v) is 8.02. The standard InChI is InChI=1S/C24H29NO5/c1-16(2)11-12-29-14-17(13-23(26)27)25-24(28)30-15-22-20-9-5-3-7-18(20)19-8-4-6-10-21(19)22/h3-10,16-17,22H,11-15H2,1-2H3,(H,25,28)(H,26,27)/t17-/m0/s1. The van der Waals surface area contributed by atoms with Crippen molar-refractivity contribution < 1.29 is 24.2 Å². The second kappa shape index (κ2) is 10.3. The molecule has 1 amide bonds. The lowest BCUT2D eigenvalue weighted by atomic mass is 9.98. The lowest BCUT2D eigenvalue weighted by molar-refractivity contribution is -0.137. The zero-order valence-electron chi connectivity index (χ0n) is 17.5. The first-order valence-electron chi connectivity index (χ1n) is 10.4. The Labute approximate surface area is 177 Å². The van der Waals surface area contributed by atoms with Crippen molar-refractivity contribution in [1.29, 1.82) is 0 Å². The molecule has 0 saturated carbocycles. The van der Waals surface area contributed by atoms with E-state index in [2.05, 4.69) is 43.4 Å². The molecule has 0 aromatic heterocycles. The van der Waals surface area contributed by atoms with E-state index < -0.39 is 18.1 Å². The van der Waals surface area contributed by atoms with Crippen molar-refractivity contribution >= 4 is 12.1 Å². The summed E-state index contributed by atoms with van der Waals surface area (Å²) in [6.45, 7) is 5.04. The van der Waals surface area contributed by atoms with Crippen LogP contribution in [-0.4, -0.2) is 43.0 Å². The first-order valence-corrected chi connectivity index (χ1v) is 10.4. The molecule has 6 nitrogen and oxygen atoms in total. The second-order valence-electron chi connectivity index (χ2n) is 8.02. The molecule has 0 fully saturated rings. The van der Waals surface area contributed by atoms with Gasteiger partial charge in [0.25, 0.3) is 0 Å². The van der Waals surface area contributed by atoms with E-state index in [0.717, 1.165) is 28.7 Å². The predicted octanol–water partition coefficient (Wildman–Crippen LogP) is 4.43. The molecule has 1 aliphatic rings. The molecule has 0 radical (unpaired) electrons. The Hall–Kier alpha value is -2.86. The maximum absolute atomic E-state index is 12.4. The summed E-state index contributed by atoms with van der Waals surface area (Å²) < 4.78 is 11.0. The van der Waals surface area contributed by atoms with Gasteiger partial charge in [0.1, 0.15) is 6.61 Å². The lowest BCUT2D eigenvalue weighted by Gasteiger charge is -2.19. The number of ether oxygens (including phenoxy) is 2. The number of fused-ring (bicyclic) bond motifs is 3. The van der Waals surface area contributed by atoms with E-state index in [0.29, 0.717) is 12.5 Å². The fourth-order valence-corrected chi connectivity index (χ4v) is 3.71. The minimum atomic E-state index is -0.994. The molecular weight excluding hydrogens is 382 g/mol. The third kappa shape index (κ3) is 5.60. The quantitative estimate of drug-likeness (QED) is 0.565. The fourth-order valence-electron chi connectivity index (χ4n) is 3.71. The number of aliphatic carboxylic acids is 1. The van der Waals surface area contributed by atoms with Gasteiger partial charge in [-0.1, -0.05) is 62.4 Å². The maximum Gasteiger partial charge on any atom is 0.407 e. The topological polar surface area (TPSA) is 84.9 Å². The van der Waals surface area contributed by atoms with Crippen LogP contribution in [0, 0.1) is 5.92 Å². The highest BCUT2D eigenvalue weighted by Gasteiger charge is 2.29. The number of carbonyl (C=O) groups excluding carboxylic acids is 1. The summed E-state index contributed by atoms with van der Waals surface area (Å²) in [6, 6.07) is 15.6. The third-order valence-corrected chi connectivity index (χ3v) is 5.25. The van der Waals surface area contributed by atoms with Crippen LogP contribution in [0.4, 0.5) is 4.79 Å². The van der Waals surface area contributed by atoms with Crippen LogP contribution in [-0.2, 0) is 14.3 Å². The van der Waals surface area contributed by atoms with Crippen LogP contribution in [0.15, 0.2) is 48.5 Å². The van der Waals surface area contributed by atoms with Crippen LogP contribution in [0.5, 0.6) is 0 Å². The molecule has 1 atom stereocenters. The van der Waals surface area contributed by atoms with Gasteiger partial charge >= 0.3 is 12.1 Å². The van der Waals surface area contributed by atoms with Crippen LogP contribution in [0.2, 0.25) is 0 Å². The van der Waals surface area contributed by atoms with Gasteiger partial charge in [-0.25, -0.2) is 4.79 Å². The van der Waals surface area contributed by atoms with E-state index in [4.69, 9.17) is 14.6 Å². The molecule has 1 aliphatic carbocycles. The minimum Gasteiger partial charge on any atom is -0.481 e. The molecule has 0 aliphatic heterocycles. The zero-order valence-corrected chi connectivity index (χ0v) is 17.5. The number of alkyl carbamates (subject to hydrolysis) is 1. The Bertz CT molecular complexity index is 834. The van der Waals surface area contributed by atoms with Crippen LogP contribution in [0.25, 0.3) is 11.1 Å². The summed E-state index contributed by atoms with van der Waals surface area (Å²) in [5, 5.41) is 11.8. The molecule has 0 bridgehead atoms. The largest absolute Gasteiger partial charge is 0.481 e. The molecule has 0 heterocycles. The smallest absolute Gasteiger partial charge is 0.407 e. The molecule has 2 N–H and O–H groups in total. The Balaban J connectivity index is 1.58. The summed E-state index contributed by atoms with van der Waals surface area (Å²) in [7, 11) is 0. The monoisotopic (exact) mass is 411 g/mol. The van der Waals surface area contributed by atoms with Crippen molar-refractivity contribution in [3.05, 3.63) is 59.7 Å². The Morgan fingerprint density at radius 1 is 1.03 bits per heavy atom. The zero-order chi connectivity index (χ0) is 21.5. The maximum atomic E-state index is 12.4. The van der Waals surface area contributed by atoms with Crippen LogP contribution in [0.1, 0.15) is 43.7 Å². The van der Waals surface area contributed by atoms with Crippen molar-refractivity contribution in [3.63, 3.8) is 0 Å². The average molecular weight is 411 g/mol. The van der Waals surface area contributed by atoms with E-state index in [1.165, 1.54) is 0 Å². The summed E-state index contributed by atoms with van der Waals surface area (Å²) >= 11 is 0. The van der Waals surface area contributed by atoms with E-state index in [1.807, 2.05) is 24.3 Å². The van der Waals surface area contributed by atoms with Gasteiger partial charge in [-0.3, -0.25) is 4.79 Å². The van der Waals surface area contributed by atoms with Crippen LogP contribution < -0.4 is 5.32 Å². The number of hydrogen-bond acceptors (Lipinski definition) is 4. The number of amides is 1. The Kier molecular flexibility index (Phi) is 7.46. The number of hydrogen-bond donors (Lipinski definition) is 2. The molecule has 0 saturated heterocycles. The van der Waals surface area contributed by atoms with Gasteiger partial charge in [-0.05, 0) is 34.6 Å². The molecule has 2 aromatic carbocycles. The van der Waals surface area contributed by atoms with Crippen molar-refractivity contribution in [1.82, 2.24) is 5.32 Å². The van der Waals surface area contributed by atoms with Gasteiger partial charge in [-0.15, -0.1) is 0 Å². The van der Waals surface area contributed by atoms with Crippen molar-refractivity contribution in [2.24, 2.45) is 5.92 Å². The van der Waals surface area contributed by atoms with E-state index in [9.17, 15) is 9.59 Å². The number of rotatable bonds is 10. The van der Waals surface area contributed by atoms with Crippen molar-refractivity contribution in [2.75, 3.05) is 19.8 Å². The van der Waals surface area contributed by atoms with Gasteiger partial charge in [0.05, 0.1) is 19.1 Å². The molecular formula is C24H29NO5.